The van der Waals surface area contributed by atoms with Crippen LogP contribution in [-0.4, -0.2) is 4.98 Å². The molecular weight excluding hydrogens is 292 g/mol. The van der Waals surface area contributed by atoms with Crippen molar-refractivity contribution in [1.29, 1.82) is 0 Å². The number of aromatic nitrogens is 1. The Morgan fingerprint density at radius 3 is 3.00 bits per heavy atom. The van der Waals surface area contributed by atoms with Crippen LogP contribution in [0, 0.1) is 6.92 Å². The van der Waals surface area contributed by atoms with E-state index in [2.05, 4.69) is 24.1 Å². The third-order valence-electron chi connectivity index (χ3n) is 3.29. The molecule has 5 heteroatoms. The number of thiophene rings is 1. The van der Waals surface area contributed by atoms with Gasteiger partial charge in [-0.1, -0.05) is 18.5 Å². The molecule has 0 fully saturated rings. The largest absolute Gasteiger partial charge is 0.467 e. The minimum absolute atomic E-state index is 0.517. The van der Waals surface area contributed by atoms with Crippen LogP contribution in [0.15, 0.2) is 28.9 Å². The van der Waals surface area contributed by atoms with Gasteiger partial charge in [-0.05, 0) is 31.0 Å². The van der Waals surface area contributed by atoms with Gasteiger partial charge in [0.1, 0.15) is 10.9 Å². The number of fused-ring (bicyclic) bond motifs is 1. The summed E-state index contributed by atoms with van der Waals surface area (Å²) in [5, 5.41) is 3.90. The van der Waals surface area contributed by atoms with Gasteiger partial charge in [-0.15, -0.1) is 11.3 Å². The average molecular weight is 307 g/mol. The van der Waals surface area contributed by atoms with Crippen molar-refractivity contribution < 1.29 is 4.42 Å². The number of anilines is 1. The van der Waals surface area contributed by atoms with Crippen LogP contribution in [0.4, 0.5) is 5.69 Å². The summed E-state index contributed by atoms with van der Waals surface area (Å²) in [6.45, 7) is 4.91. The third-order valence-corrected chi connectivity index (χ3v) is 4.95. The fraction of sp³-hybridized carbons (Fsp3) is 0.267. The van der Waals surface area contributed by atoms with Crippen molar-refractivity contribution >= 4 is 38.8 Å². The molecule has 0 saturated carbocycles. The minimum atomic E-state index is 0.517. The molecule has 3 heterocycles. The first kappa shape index (κ1) is 13.5. The highest BCUT2D eigenvalue weighted by Gasteiger charge is 2.13. The van der Waals surface area contributed by atoms with Crippen molar-refractivity contribution in [3.63, 3.8) is 0 Å². The number of aryl methyl sites for hydroxylation is 2. The minimum Gasteiger partial charge on any atom is -0.467 e. The highest BCUT2D eigenvalue weighted by molar-refractivity contribution is 7.19. The maximum Gasteiger partial charge on any atom is 0.131 e. The second kappa shape index (κ2) is 5.46. The van der Waals surface area contributed by atoms with Crippen LogP contribution in [0.2, 0.25) is 5.15 Å². The van der Waals surface area contributed by atoms with E-state index in [0.717, 1.165) is 28.1 Å². The predicted molar refractivity (Wildman–Crippen MR) is 84.8 cm³/mol. The Bertz CT molecular complexity index is 734. The van der Waals surface area contributed by atoms with Crippen LogP contribution in [0.25, 0.3) is 10.2 Å². The normalized spacial score (nSPS) is 11.2. The van der Waals surface area contributed by atoms with Gasteiger partial charge < -0.3 is 9.73 Å². The quantitative estimate of drug-likeness (QED) is 0.687. The zero-order valence-electron chi connectivity index (χ0n) is 11.4. The van der Waals surface area contributed by atoms with E-state index >= 15 is 0 Å². The van der Waals surface area contributed by atoms with Gasteiger partial charge in [-0.25, -0.2) is 4.98 Å². The van der Waals surface area contributed by atoms with Crippen LogP contribution in [0.1, 0.15) is 23.1 Å². The molecule has 0 amide bonds. The number of pyridine rings is 1. The molecule has 0 spiro atoms. The first-order valence-corrected chi connectivity index (χ1v) is 7.73. The zero-order chi connectivity index (χ0) is 14.1. The topological polar surface area (TPSA) is 38.1 Å². The summed E-state index contributed by atoms with van der Waals surface area (Å²) in [5.74, 6) is 0.898. The van der Waals surface area contributed by atoms with Crippen molar-refractivity contribution in [3.8, 4) is 0 Å². The Hall–Kier alpha value is -1.52. The molecule has 1 N–H and O–H groups in total. The lowest BCUT2D eigenvalue weighted by atomic mass is 10.2. The number of rotatable bonds is 4. The molecule has 0 aliphatic rings. The summed E-state index contributed by atoms with van der Waals surface area (Å²) < 4.78 is 6.50. The first-order chi connectivity index (χ1) is 9.69. The fourth-order valence-corrected chi connectivity index (χ4v) is 3.63. The first-order valence-electron chi connectivity index (χ1n) is 6.53. The van der Waals surface area contributed by atoms with Crippen LogP contribution in [0.5, 0.6) is 0 Å². The van der Waals surface area contributed by atoms with E-state index in [0.29, 0.717) is 11.7 Å². The van der Waals surface area contributed by atoms with Gasteiger partial charge in [-0.3, -0.25) is 0 Å². The molecule has 3 aromatic rings. The Morgan fingerprint density at radius 1 is 1.45 bits per heavy atom. The average Bonchev–Trinajstić information content (AvgIpc) is 3.05. The molecule has 3 nitrogen and oxygen atoms in total. The molecule has 0 unspecified atom stereocenters. The van der Waals surface area contributed by atoms with Gasteiger partial charge >= 0.3 is 0 Å². The van der Waals surface area contributed by atoms with E-state index in [1.807, 2.05) is 18.2 Å². The molecule has 104 valence electrons. The maximum atomic E-state index is 6.14. The van der Waals surface area contributed by atoms with Crippen LogP contribution in [-0.2, 0) is 13.0 Å². The number of halogens is 1. The number of hydrogen-bond donors (Lipinski definition) is 1. The van der Waals surface area contributed by atoms with E-state index in [9.17, 15) is 0 Å². The van der Waals surface area contributed by atoms with Crippen molar-refractivity contribution in [2.24, 2.45) is 0 Å². The molecule has 0 aromatic carbocycles. The van der Waals surface area contributed by atoms with E-state index in [1.54, 1.807) is 17.6 Å². The molecule has 3 rings (SSSR count). The molecule has 20 heavy (non-hydrogen) atoms. The van der Waals surface area contributed by atoms with E-state index in [4.69, 9.17) is 16.0 Å². The Kier molecular flexibility index (Phi) is 3.68. The number of hydrogen-bond acceptors (Lipinski definition) is 4. The smallest absolute Gasteiger partial charge is 0.131 e. The third kappa shape index (κ3) is 2.41. The lowest BCUT2D eigenvalue weighted by Gasteiger charge is -2.06. The van der Waals surface area contributed by atoms with Gasteiger partial charge in [0.05, 0.1) is 28.7 Å². The second-order valence-corrected chi connectivity index (χ2v) is 6.10. The zero-order valence-corrected chi connectivity index (χ0v) is 12.9. The van der Waals surface area contributed by atoms with Gasteiger partial charge in [0, 0.05) is 10.9 Å². The highest BCUT2D eigenvalue weighted by atomic mass is 35.5. The lowest BCUT2D eigenvalue weighted by Crippen LogP contribution is -1.98. The SMILES string of the molecule is CCc1sc2c(NCc3ccco3)cc(Cl)nc2c1C. The summed E-state index contributed by atoms with van der Waals surface area (Å²) in [7, 11) is 0. The molecule has 0 saturated heterocycles. The monoisotopic (exact) mass is 306 g/mol. The number of nitrogens with zero attached hydrogens (tertiary/aromatic N) is 1. The van der Waals surface area contributed by atoms with Crippen molar-refractivity contribution in [3.05, 3.63) is 45.8 Å². The van der Waals surface area contributed by atoms with E-state index in [1.165, 1.54) is 10.4 Å². The molecule has 0 bridgehead atoms. The van der Waals surface area contributed by atoms with Crippen molar-refractivity contribution in [2.45, 2.75) is 26.8 Å². The summed E-state index contributed by atoms with van der Waals surface area (Å²) in [6.07, 6.45) is 2.69. The summed E-state index contributed by atoms with van der Waals surface area (Å²) in [4.78, 5) is 5.82. The maximum absolute atomic E-state index is 6.14. The number of nitrogens with one attached hydrogen (secondary N) is 1. The van der Waals surface area contributed by atoms with Gasteiger partial charge in [0.2, 0.25) is 0 Å². The highest BCUT2D eigenvalue weighted by Crippen LogP contribution is 2.36. The second-order valence-electron chi connectivity index (χ2n) is 4.61. The molecule has 0 radical (unpaired) electrons. The predicted octanol–water partition coefficient (Wildman–Crippen LogP) is 5.03. The fourth-order valence-electron chi connectivity index (χ4n) is 2.26. The van der Waals surface area contributed by atoms with E-state index in [-0.39, 0.29) is 0 Å². The Balaban J connectivity index is 2.00. The van der Waals surface area contributed by atoms with Crippen LogP contribution >= 0.6 is 22.9 Å². The summed E-state index contributed by atoms with van der Waals surface area (Å²) >= 11 is 7.92. The summed E-state index contributed by atoms with van der Waals surface area (Å²) in [5.41, 5.74) is 3.25. The molecule has 0 atom stereocenters. The molecule has 0 aliphatic heterocycles. The van der Waals surface area contributed by atoms with Gasteiger partial charge in [0.25, 0.3) is 0 Å². The van der Waals surface area contributed by atoms with Crippen LogP contribution in [0.3, 0.4) is 0 Å². The number of furan rings is 1. The van der Waals surface area contributed by atoms with E-state index < -0.39 is 0 Å². The van der Waals surface area contributed by atoms with Gasteiger partial charge in [-0.2, -0.15) is 0 Å². The standard InChI is InChI=1S/C15H15ClN2OS/c1-3-12-9(2)14-15(20-12)11(7-13(16)18-14)17-8-10-5-4-6-19-10/h4-7H,3,8H2,1-2H3,(H,17,18). The van der Waals surface area contributed by atoms with Crippen molar-refractivity contribution in [2.75, 3.05) is 5.32 Å². The molecular formula is C15H15ClN2OS. The van der Waals surface area contributed by atoms with Crippen LogP contribution < -0.4 is 5.32 Å². The van der Waals surface area contributed by atoms with Gasteiger partial charge in [0.15, 0.2) is 0 Å². The molecule has 3 aromatic heterocycles. The Labute approximate surface area is 126 Å². The Morgan fingerprint density at radius 2 is 2.30 bits per heavy atom. The molecule has 0 aliphatic carbocycles. The lowest BCUT2D eigenvalue weighted by molar-refractivity contribution is 0.518. The summed E-state index contributed by atoms with van der Waals surface area (Å²) in [6, 6.07) is 5.71. The van der Waals surface area contributed by atoms with Crippen molar-refractivity contribution in [1.82, 2.24) is 4.98 Å².